The number of alkyl halides is 3. The van der Waals surface area contributed by atoms with Gasteiger partial charge in [0.1, 0.15) is 11.4 Å². The molecule has 0 saturated carbocycles. The lowest BCUT2D eigenvalue weighted by Crippen LogP contribution is -2.37. The molecule has 0 aliphatic heterocycles. The van der Waals surface area contributed by atoms with Crippen LogP contribution < -0.4 is 10.0 Å². The molecule has 9 heteroatoms. The first kappa shape index (κ1) is 15.7. The van der Waals surface area contributed by atoms with Gasteiger partial charge >= 0.3 is 6.18 Å². The van der Waals surface area contributed by atoms with E-state index in [0.29, 0.717) is 0 Å². The maximum atomic E-state index is 12.4. The van der Waals surface area contributed by atoms with Gasteiger partial charge in [0.25, 0.3) is 0 Å². The van der Waals surface area contributed by atoms with Crippen LogP contribution in [0.2, 0.25) is 0 Å². The number of rotatable bonds is 5. The van der Waals surface area contributed by atoms with Gasteiger partial charge in [-0.1, -0.05) is 12.1 Å². The van der Waals surface area contributed by atoms with Gasteiger partial charge < -0.3 is 10.0 Å². The standard InChI is InChI=1S/C10H13F3N2O3S/c11-10(12,13)7-15(5-6-16)8-3-1-2-4-9(8)19(14,17)18/h1-4,16H,5-7H2,(H2,14,17,18). The van der Waals surface area contributed by atoms with Crippen molar-refractivity contribution in [3.63, 3.8) is 0 Å². The Bertz CT molecular complexity index is 531. The molecule has 0 spiro atoms. The van der Waals surface area contributed by atoms with Crippen molar-refractivity contribution in [3.8, 4) is 0 Å². The van der Waals surface area contributed by atoms with Gasteiger partial charge in [-0.2, -0.15) is 13.2 Å². The fraction of sp³-hybridized carbons (Fsp3) is 0.400. The van der Waals surface area contributed by atoms with Crippen LogP contribution in [0, 0.1) is 0 Å². The molecule has 5 nitrogen and oxygen atoms in total. The van der Waals surface area contributed by atoms with Crippen molar-refractivity contribution >= 4 is 15.7 Å². The second kappa shape index (κ2) is 5.76. The number of hydrogen-bond donors (Lipinski definition) is 2. The van der Waals surface area contributed by atoms with E-state index in [9.17, 15) is 21.6 Å². The van der Waals surface area contributed by atoms with Gasteiger partial charge in [0.15, 0.2) is 0 Å². The largest absolute Gasteiger partial charge is 0.405 e. The van der Waals surface area contributed by atoms with Crippen LogP contribution >= 0.6 is 0 Å². The third kappa shape index (κ3) is 4.69. The Labute approximate surface area is 108 Å². The number of halogens is 3. The lowest BCUT2D eigenvalue weighted by Gasteiger charge is -2.26. The van der Waals surface area contributed by atoms with Crippen molar-refractivity contribution in [2.24, 2.45) is 5.14 Å². The maximum absolute atomic E-state index is 12.4. The molecule has 0 aromatic heterocycles. The molecule has 108 valence electrons. The van der Waals surface area contributed by atoms with Crippen molar-refractivity contribution < 1.29 is 26.7 Å². The highest BCUT2D eigenvalue weighted by atomic mass is 32.2. The smallest absolute Gasteiger partial charge is 0.395 e. The zero-order valence-corrected chi connectivity index (χ0v) is 10.6. The van der Waals surface area contributed by atoms with Crippen molar-refractivity contribution in [3.05, 3.63) is 24.3 Å². The van der Waals surface area contributed by atoms with Crippen molar-refractivity contribution in [1.82, 2.24) is 0 Å². The molecule has 0 atom stereocenters. The average molecular weight is 298 g/mol. The number of sulfonamides is 1. The van der Waals surface area contributed by atoms with Crippen LogP contribution in [0.4, 0.5) is 18.9 Å². The van der Waals surface area contributed by atoms with Crippen LogP contribution in [-0.4, -0.2) is 39.4 Å². The van der Waals surface area contributed by atoms with E-state index < -0.39 is 34.2 Å². The molecule has 0 bridgehead atoms. The summed E-state index contributed by atoms with van der Waals surface area (Å²) in [6.45, 7) is -2.28. The zero-order chi connectivity index (χ0) is 14.7. The maximum Gasteiger partial charge on any atom is 0.405 e. The number of aliphatic hydroxyl groups is 1. The topological polar surface area (TPSA) is 83.6 Å². The van der Waals surface area contributed by atoms with E-state index >= 15 is 0 Å². The van der Waals surface area contributed by atoms with Gasteiger partial charge in [-0.15, -0.1) is 0 Å². The molecule has 0 unspecified atom stereocenters. The molecule has 0 heterocycles. The first-order chi connectivity index (χ1) is 8.65. The first-order valence-electron chi connectivity index (χ1n) is 5.19. The van der Waals surface area contributed by atoms with E-state index in [2.05, 4.69) is 0 Å². The number of para-hydroxylation sites is 1. The lowest BCUT2D eigenvalue weighted by molar-refractivity contribution is -0.119. The van der Waals surface area contributed by atoms with Crippen LogP contribution in [0.25, 0.3) is 0 Å². The lowest BCUT2D eigenvalue weighted by atomic mass is 10.3. The molecular formula is C10H13F3N2O3S. The second-order valence-electron chi connectivity index (χ2n) is 3.77. The molecule has 1 aromatic rings. The minimum atomic E-state index is -4.53. The summed E-state index contributed by atoms with van der Waals surface area (Å²) in [6, 6.07) is 5.07. The summed E-state index contributed by atoms with van der Waals surface area (Å²) in [5, 5.41) is 13.8. The van der Waals surface area contributed by atoms with Crippen molar-refractivity contribution in [1.29, 1.82) is 0 Å². The van der Waals surface area contributed by atoms with Gasteiger partial charge in [-0.05, 0) is 12.1 Å². The molecule has 0 radical (unpaired) electrons. The predicted molar refractivity (Wildman–Crippen MR) is 63.2 cm³/mol. The van der Waals surface area contributed by atoms with Crippen LogP contribution in [0.1, 0.15) is 0 Å². The van der Waals surface area contributed by atoms with E-state index in [-0.39, 0.29) is 12.2 Å². The summed E-state index contributed by atoms with van der Waals surface area (Å²) in [5.74, 6) is 0. The summed E-state index contributed by atoms with van der Waals surface area (Å²) < 4.78 is 60.0. The van der Waals surface area contributed by atoms with Gasteiger partial charge in [0, 0.05) is 6.54 Å². The van der Waals surface area contributed by atoms with Crippen molar-refractivity contribution in [2.75, 3.05) is 24.6 Å². The van der Waals surface area contributed by atoms with Crippen LogP contribution in [0.5, 0.6) is 0 Å². The van der Waals surface area contributed by atoms with Gasteiger partial charge in [0.05, 0.1) is 12.3 Å². The summed E-state index contributed by atoms with van der Waals surface area (Å²) in [7, 11) is -4.14. The Hall–Kier alpha value is -1.32. The quantitative estimate of drug-likeness (QED) is 0.838. The summed E-state index contributed by atoms with van der Waals surface area (Å²) >= 11 is 0. The van der Waals surface area contributed by atoms with Gasteiger partial charge in [0.2, 0.25) is 10.0 Å². The number of anilines is 1. The summed E-state index contributed by atoms with van der Waals surface area (Å²) in [5.41, 5.74) is -0.184. The van der Waals surface area contributed by atoms with Crippen LogP contribution in [0.3, 0.4) is 0 Å². The molecule has 0 aliphatic carbocycles. The van der Waals surface area contributed by atoms with Crippen molar-refractivity contribution in [2.45, 2.75) is 11.1 Å². The Morgan fingerprint density at radius 3 is 2.32 bits per heavy atom. The van der Waals surface area contributed by atoms with Crippen LogP contribution in [0.15, 0.2) is 29.2 Å². The third-order valence-electron chi connectivity index (χ3n) is 2.25. The molecule has 19 heavy (non-hydrogen) atoms. The highest BCUT2D eigenvalue weighted by Crippen LogP contribution is 2.27. The number of aliphatic hydroxyl groups excluding tert-OH is 1. The normalized spacial score (nSPS) is 12.5. The Morgan fingerprint density at radius 2 is 1.84 bits per heavy atom. The number of primary sulfonamides is 1. The van der Waals surface area contributed by atoms with E-state index in [1.165, 1.54) is 18.2 Å². The van der Waals surface area contributed by atoms with E-state index in [1.807, 2.05) is 0 Å². The molecule has 0 saturated heterocycles. The molecular weight excluding hydrogens is 285 g/mol. The number of nitrogens with zero attached hydrogens (tertiary/aromatic N) is 1. The fourth-order valence-corrected chi connectivity index (χ4v) is 2.34. The molecule has 0 aliphatic rings. The van der Waals surface area contributed by atoms with Gasteiger partial charge in [-0.25, -0.2) is 13.6 Å². The molecule has 0 fully saturated rings. The van der Waals surface area contributed by atoms with Crippen LogP contribution in [-0.2, 0) is 10.0 Å². The SMILES string of the molecule is NS(=O)(=O)c1ccccc1N(CCO)CC(F)(F)F. The highest BCUT2D eigenvalue weighted by Gasteiger charge is 2.32. The zero-order valence-electron chi connectivity index (χ0n) is 9.76. The third-order valence-corrected chi connectivity index (χ3v) is 3.21. The van der Waals surface area contributed by atoms with E-state index in [1.54, 1.807) is 0 Å². The number of nitrogens with two attached hydrogens (primary N) is 1. The minimum absolute atomic E-state index is 0.184. The monoisotopic (exact) mass is 298 g/mol. The molecule has 0 amide bonds. The number of benzene rings is 1. The molecule has 1 rings (SSSR count). The Morgan fingerprint density at radius 1 is 1.26 bits per heavy atom. The Kier molecular flexibility index (Phi) is 4.77. The first-order valence-corrected chi connectivity index (χ1v) is 6.74. The summed E-state index contributed by atoms with van der Waals surface area (Å²) in [4.78, 5) is 0.312. The van der Waals surface area contributed by atoms with Gasteiger partial charge in [-0.3, -0.25) is 0 Å². The minimum Gasteiger partial charge on any atom is -0.395 e. The molecule has 1 aromatic carbocycles. The fourth-order valence-electron chi connectivity index (χ4n) is 1.58. The second-order valence-corrected chi connectivity index (χ2v) is 5.30. The highest BCUT2D eigenvalue weighted by molar-refractivity contribution is 7.89. The average Bonchev–Trinajstić information content (AvgIpc) is 2.25. The summed E-state index contributed by atoms with van der Waals surface area (Å²) in [6.07, 6.45) is -4.53. The Balaban J connectivity index is 3.23. The predicted octanol–water partition coefficient (Wildman–Crippen LogP) is 0.695. The number of hydrogen-bond acceptors (Lipinski definition) is 4. The molecule has 3 N–H and O–H groups in total. The van der Waals surface area contributed by atoms with E-state index in [0.717, 1.165) is 11.0 Å². The van der Waals surface area contributed by atoms with E-state index in [4.69, 9.17) is 10.2 Å².